The molecule has 24 heavy (non-hydrogen) atoms. The Bertz CT molecular complexity index is 576. The van der Waals surface area contributed by atoms with Gasteiger partial charge >= 0.3 is 6.03 Å². The molecule has 0 aromatic heterocycles. The second-order valence-corrected chi connectivity index (χ2v) is 5.70. The summed E-state index contributed by atoms with van der Waals surface area (Å²) < 4.78 is 0. The van der Waals surface area contributed by atoms with Gasteiger partial charge in [-0.25, -0.2) is 4.79 Å². The summed E-state index contributed by atoms with van der Waals surface area (Å²) in [5.41, 5.74) is 0.788. The van der Waals surface area contributed by atoms with Crippen molar-refractivity contribution in [3.63, 3.8) is 0 Å². The zero-order chi connectivity index (χ0) is 17.4. The first-order valence-electron chi connectivity index (χ1n) is 8.20. The molecule has 7 nitrogen and oxygen atoms in total. The van der Waals surface area contributed by atoms with E-state index in [9.17, 15) is 14.4 Å². The summed E-state index contributed by atoms with van der Waals surface area (Å²) in [6.07, 6.45) is 2.31. The highest BCUT2D eigenvalue weighted by atomic mass is 16.2. The lowest BCUT2D eigenvalue weighted by molar-refractivity contribution is -0.128. The normalized spacial score (nSPS) is 15.2. The maximum atomic E-state index is 12.3. The zero-order valence-corrected chi connectivity index (χ0v) is 13.9. The molecule has 7 heteroatoms. The third-order valence-electron chi connectivity index (χ3n) is 3.98. The zero-order valence-electron chi connectivity index (χ0n) is 13.9. The molecule has 0 bridgehead atoms. The largest absolute Gasteiger partial charge is 0.343 e. The minimum absolute atomic E-state index is 0.201. The van der Waals surface area contributed by atoms with Gasteiger partial charge < -0.3 is 15.5 Å². The number of nitrogens with one attached hydrogen (secondary N) is 3. The average molecular weight is 332 g/mol. The van der Waals surface area contributed by atoms with Crippen molar-refractivity contribution < 1.29 is 14.4 Å². The number of carbonyl (C=O) groups is 3. The second kappa shape index (κ2) is 9.02. The van der Waals surface area contributed by atoms with Crippen molar-refractivity contribution in [1.82, 2.24) is 20.9 Å². The highest BCUT2D eigenvalue weighted by molar-refractivity contribution is 5.97. The predicted molar refractivity (Wildman–Crippen MR) is 90.2 cm³/mol. The minimum Gasteiger partial charge on any atom is -0.343 e. The number of carbonyl (C=O) groups excluding carboxylic acids is 3. The molecule has 1 saturated heterocycles. The summed E-state index contributed by atoms with van der Waals surface area (Å²) >= 11 is 0. The van der Waals surface area contributed by atoms with Crippen LogP contribution in [0.5, 0.6) is 0 Å². The van der Waals surface area contributed by atoms with E-state index in [1.165, 1.54) is 7.05 Å². The summed E-state index contributed by atoms with van der Waals surface area (Å²) in [6, 6.07) is 8.09. The van der Waals surface area contributed by atoms with Gasteiger partial charge in [0.15, 0.2) is 0 Å². The Morgan fingerprint density at radius 2 is 2.00 bits per heavy atom. The van der Waals surface area contributed by atoms with E-state index in [1.54, 1.807) is 0 Å². The third kappa shape index (κ3) is 5.06. The molecule has 1 atom stereocenters. The number of benzene rings is 1. The quantitative estimate of drug-likeness (QED) is 0.644. The first-order chi connectivity index (χ1) is 11.6. The number of urea groups is 1. The Morgan fingerprint density at radius 1 is 1.25 bits per heavy atom. The fourth-order valence-corrected chi connectivity index (χ4v) is 2.71. The fourth-order valence-electron chi connectivity index (χ4n) is 2.71. The molecule has 0 aliphatic carbocycles. The van der Waals surface area contributed by atoms with Crippen LogP contribution in [0.2, 0.25) is 0 Å². The lowest BCUT2D eigenvalue weighted by Gasteiger charge is -2.20. The number of nitrogens with zero attached hydrogens (tertiary/aromatic N) is 1. The predicted octanol–water partition coefficient (Wildman–Crippen LogP) is 0.785. The Labute approximate surface area is 141 Å². The molecule has 1 aromatic rings. The third-order valence-corrected chi connectivity index (χ3v) is 3.98. The van der Waals surface area contributed by atoms with E-state index in [0.29, 0.717) is 19.5 Å². The SMILES string of the molecule is CNC(=O)NC(=O)[C@@H](NCCCN1CCCC1=O)c1ccccc1. The summed E-state index contributed by atoms with van der Waals surface area (Å²) in [6.45, 7) is 2.08. The maximum absolute atomic E-state index is 12.3. The Kier molecular flexibility index (Phi) is 6.74. The van der Waals surface area contributed by atoms with Crippen molar-refractivity contribution in [3.8, 4) is 0 Å². The van der Waals surface area contributed by atoms with Crippen LogP contribution in [0.1, 0.15) is 30.9 Å². The van der Waals surface area contributed by atoms with Gasteiger partial charge in [0.1, 0.15) is 6.04 Å². The van der Waals surface area contributed by atoms with Crippen LogP contribution in [0.15, 0.2) is 30.3 Å². The molecule has 0 saturated carbocycles. The molecule has 3 N–H and O–H groups in total. The summed E-state index contributed by atoms with van der Waals surface area (Å²) in [5.74, 6) is -0.204. The van der Waals surface area contributed by atoms with Crippen LogP contribution in [0.3, 0.4) is 0 Å². The Balaban J connectivity index is 1.89. The molecule has 1 fully saturated rings. The Hall–Kier alpha value is -2.41. The van der Waals surface area contributed by atoms with E-state index in [2.05, 4.69) is 16.0 Å². The number of amides is 4. The molecular formula is C17H24N4O3. The molecule has 0 spiro atoms. The topological polar surface area (TPSA) is 90.5 Å². The van der Waals surface area contributed by atoms with Crippen LogP contribution in [-0.4, -0.2) is 49.4 Å². The van der Waals surface area contributed by atoms with Gasteiger partial charge in [-0.05, 0) is 24.9 Å². The van der Waals surface area contributed by atoms with E-state index in [4.69, 9.17) is 0 Å². The van der Waals surface area contributed by atoms with Crippen molar-refractivity contribution in [3.05, 3.63) is 35.9 Å². The molecule has 0 radical (unpaired) electrons. The highest BCUT2D eigenvalue weighted by Crippen LogP contribution is 2.13. The number of hydrogen-bond acceptors (Lipinski definition) is 4. The number of likely N-dealkylation sites (tertiary alicyclic amines) is 1. The lowest BCUT2D eigenvalue weighted by Crippen LogP contribution is -2.44. The molecule has 130 valence electrons. The van der Waals surface area contributed by atoms with Crippen molar-refractivity contribution in [2.24, 2.45) is 0 Å². The van der Waals surface area contributed by atoms with Crippen LogP contribution < -0.4 is 16.0 Å². The molecular weight excluding hydrogens is 308 g/mol. The van der Waals surface area contributed by atoms with Crippen molar-refractivity contribution in [2.45, 2.75) is 25.3 Å². The molecule has 1 aromatic carbocycles. The average Bonchev–Trinajstić information content (AvgIpc) is 3.00. The molecule has 1 heterocycles. The first kappa shape index (κ1) is 17.9. The summed E-state index contributed by atoms with van der Waals surface area (Å²) in [4.78, 5) is 37.1. The van der Waals surface area contributed by atoms with Gasteiger partial charge in [0.2, 0.25) is 11.8 Å². The van der Waals surface area contributed by atoms with E-state index in [1.807, 2.05) is 35.2 Å². The van der Waals surface area contributed by atoms with Crippen LogP contribution in [0.25, 0.3) is 0 Å². The standard InChI is InChI=1S/C17H24N4O3/c1-18-17(24)20-16(23)15(13-7-3-2-4-8-13)19-10-6-12-21-11-5-9-14(21)22/h2-4,7-8,15,19H,5-6,9-12H2,1H3,(H2,18,20,23,24)/t15-/m0/s1. The van der Waals surface area contributed by atoms with Gasteiger partial charge in [0.05, 0.1) is 0 Å². The fraction of sp³-hybridized carbons (Fsp3) is 0.471. The van der Waals surface area contributed by atoms with Gasteiger partial charge in [-0.15, -0.1) is 0 Å². The minimum atomic E-state index is -0.613. The molecule has 2 rings (SSSR count). The van der Waals surface area contributed by atoms with Crippen LogP contribution >= 0.6 is 0 Å². The monoisotopic (exact) mass is 332 g/mol. The summed E-state index contributed by atoms with van der Waals surface area (Å²) in [5, 5.41) is 7.84. The smallest absolute Gasteiger partial charge is 0.321 e. The lowest BCUT2D eigenvalue weighted by atomic mass is 10.1. The van der Waals surface area contributed by atoms with Gasteiger partial charge in [-0.1, -0.05) is 30.3 Å². The van der Waals surface area contributed by atoms with Crippen molar-refractivity contribution in [1.29, 1.82) is 0 Å². The van der Waals surface area contributed by atoms with E-state index >= 15 is 0 Å². The second-order valence-electron chi connectivity index (χ2n) is 5.70. The van der Waals surface area contributed by atoms with Gasteiger partial charge in [-0.2, -0.15) is 0 Å². The summed E-state index contributed by atoms with van der Waals surface area (Å²) in [7, 11) is 1.46. The molecule has 4 amide bonds. The van der Waals surface area contributed by atoms with E-state index in [0.717, 1.165) is 24.9 Å². The highest BCUT2D eigenvalue weighted by Gasteiger charge is 2.22. The van der Waals surface area contributed by atoms with Crippen molar-refractivity contribution >= 4 is 17.8 Å². The molecule has 0 unspecified atom stereocenters. The Morgan fingerprint density at radius 3 is 2.62 bits per heavy atom. The van der Waals surface area contributed by atoms with Gasteiger partial charge in [0, 0.05) is 26.6 Å². The van der Waals surface area contributed by atoms with Crippen LogP contribution in [0, 0.1) is 0 Å². The maximum Gasteiger partial charge on any atom is 0.321 e. The van der Waals surface area contributed by atoms with E-state index < -0.39 is 18.0 Å². The number of imide groups is 1. The number of hydrogen-bond donors (Lipinski definition) is 3. The first-order valence-corrected chi connectivity index (χ1v) is 8.20. The molecule has 1 aliphatic heterocycles. The van der Waals surface area contributed by atoms with Crippen LogP contribution in [0.4, 0.5) is 4.79 Å². The van der Waals surface area contributed by atoms with E-state index in [-0.39, 0.29) is 5.91 Å². The van der Waals surface area contributed by atoms with Gasteiger partial charge in [0.25, 0.3) is 0 Å². The van der Waals surface area contributed by atoms with Crippen LogP contribution in [-0.2, 0) is 9.59 Å². The van der Waals surface area contributed by atoms with Crippen molar-refractivity contribution in [2.75, 3.05) is 26.7 Å². The number of rotatable bonds is 7. The van der Waals surface area contributed by atoms with Gasteiger partial charge in [-0.3, -0.25) is 14.9 Å². The molecule has 1 aliphatic rings.